The summed E-state index contributed by atoms with van der Waals surface area (Å²) < 4.78 is 1.94. The predicted molar refractivity (Wildman–Crippen MR) is 90.9 cm³/mol. The third-order valence-electron chi connectivity index (χ3n) is 3.66. The van der Waals surface area contributed by atoms with E-state index in [0.717, 1.165) is 11.3 Å². The quantitative estimate of drug-likeness (QED) is 0.668. The predicted octanol–water partition coefficient (Wildman–Crippen LogP) is 5.08. The van der Waals surface area contributed by atoms with E-state index in [-0.39, 0.29) is 5.41 Å². The van der Waals surface area contributed by atoms with Gasteiger partial charge in [0.1, 0.15) is 0 Å². The third-order valence-corrected chi connectivity index (χ3v) is 4.92. The van der Waals surface area contributed by atoms with Crippen molar-refractivity contribution in [1.82, 2.24) is 9.78 Å². The first-order valence-electron chi connectivity index (χ1n) is 6.93. The van der Waals surface area contributed by atoms with Gasteiger partial charge in [0.05, 0.1) is 5.69 Å². The van der Waals surface area contributed by atoms with Crippen molar-refractivity contribution in [2.45, 2.75) is 31.7 Å². The first-order valence-corrected chi connectivity index (χ1v) is 8.37. The lowest BCUT2D eigenvalue weighted by atomic mass is 9.80. The second-order valence-electron chi connectivity index (χ2n) is 5.62. The molecule has 0 fully saturated rings. The summed E-state index contributed by atoms with van der Waals surface area (Å²) in [6.45, 7) is 4.20. The van der Waals surface area contributed by atoms with E-state index in [4.69, 9.17) is 34.8 Å². The molecule has 114 valence electrons. The molecule has 0 saturated heterocycles. The minimum absolute atomic E-state index is 0.339. The minimum atomic E-state index is -0.357. The zero-order chi connectivity index (χ0) is 15.5. The lowest BCUT2D eigenvalue weighted by Crippen LogP contribution is -2.33. The molecular weight excluding hydrogens is 327 g/mol. The Morgan fingerprint density at radius 2 is 1.90 bits per heavy atom. The monoisotopic (exact) mass is 344 g/mol. The van der Waals surface area contributed by atoms with Crippen LogP contribution in [0.15, 0.2) is 36.5 Å². The van der Waals surface area contributed by atoms with E-state index in [1.165, 1.54) is 0 Å². The molecule has 2 aromatic rings. The van der Waals surface area contributed by atoms with Crippen molar-refractivity contribution < 1.29 is 0 Å². The Balaban J connectivity index is 2.33. The molecule has 5 heteroatoms. The Labute approximate surface area is 141 Å². The first-order chi connectivity index (χ1) is 10.0. The maximum absolute atomic E-state index is 6.27. The highest BCUT2D eigenvalue weighted by molar-refractivity contribution is 6.30. The fourth-order valence-electron chi connectivity index (χ4n) is 2.31. The molecule has 2 nitrogen and oxygen atoms in total. The summed E-state index contributed by atoms with van der Waals surface area (Å²) in [5.74, 6) is 0.844. The Hall–Kier alpha value is -0.700. The average Bonchev–Trinajstić information content (AvgIpc) is 2.93. The highest BCUT2D eigenvalue weighted by Gasteiger charge is 2.32. The standard InChI is InChI=1S/C16H19Cl3N2/c1-12(2)21-7-6-15(20-21)9-16(10-17,11-18)13-4-3-5-14(19)8-13/h3-8,12H,9-11H2,1-2H3. The van der Waals surface area contributed by atoms with Gasteiger partial charge in [-0.1, -0.05) is 23.7 Å². The van der Waals surface area contributed by atoms with E-state index in [9.17, 15) is 0 Å². The van der Waals surface area contributed by atoms with Gasteiger partial charge in [-0.05, 0) is 37.6 Å². The van der Waals surface area contributed by atoms with Crippen LogP contribution in [0.5, 0.6) is 0 Å². The fraction of sp³-hybridized carbons (Fsp3) is 0.438. The van der Waals surface area contributed by atoms with Crippen LogP contribution < -0.4 is 0 Å². The third kappa shape index (κ3) is 3.74. The number of halogens is 3. The Kier molecular flexibility index (Phi) is 5.59. The number of rotatable bonds is 6. The van der Waals surface area contributed by atoms with Crippen LogP contribution >= 0.6 is 34.8 Å². The van der Waals surface area contributed by atoms with Crippen molar-refractivity contribution >= 4 is 34.8 Å². The molecule has 0 saturated carbocycles. The summed E-state index contributed by atoms with van der Waals surface area (Å²) in [5.41, 5.74) is 1.69. The summed E-state index contributed by atoms with van der Waals surface area (Å²) in [4.78, 5) is 0. The van der Waals surface area contributed by atoms with Crippen molar-refractivity contribution in [3.8, 4) is 0 Å². The summed E-state index contributed by atoms with van der Waals surface area (Å²) in [5, 5.41) is 5.30. The van der Waals surface area contributed by atoms with E-state index >= 15 is 0 Å². The summed E-state index contributed by atoms with van der Waals surface area (Å²) >= 11 is 18.6. The van der Waals surface area contributed by atoms with Crippen LogP contribution in [0.4, 0.5) is 0 Å². The molecular formula is C16H19Cl3N2. The van der Waals surface area contributed by atoms with Crippen LogP contribution in [0.25, 0.3) is 0 Å². The van der Waals surface area contributed by atoms with E-state index < -0.39 is 0 Å². The van der Waals surface area contributed by atoms with Crippen molar-refractivity contribution in [1.29, 1.82) is 0 Å². The molecule has 0 aliphatic rings. The second kappa shape index (κ2) is 7.04. The van der Waals surface area contributed by atoms with Crippen molar-refractivity contribution in [2.75, 3.05) is 11.8 Å². The van der Waals surface area contributed by atoms with Crippen LogP contribution in [0, 0.1) is 0 Å². The van der Waals surface area contributed by atoms with Crippen molar-refractivity contribution in [3.63, 3.8) is 0 Å². The number of hydrogen-bond acceptors (Lipinski definition) is 1. The SMILES string of the molecule is CC(C)n1ccc(CC(CCl)(CCl)c2cccc(Cl)c2)n1. The van der Waals surface area contributed by atoms with Gasteiger partial charge in [-0.25, -0.2) is 0 Å². The largest absolute Gasteiger partial charge is 0.270 e. The Morgan fingerprint density at radius 3 is 2.43 bits per heavy atom. The molecule has 0 atom stereocenters. The maximum atomic E-state index is 6.27. The molecule has 0 aliphatic carbocycles. The van der Waals surface area contributed by atoms with E-state index in [2.05, 4.69) is 18.9 Å². The molecule has 0 spiro atoms. The lowest BCUT2D eigenvalue weighted by molar-refractivity contribution is 0.496. The highest BCUT2D eigenvalue weighted by atomic mass is 35.5. The average molecular weight is 346 g/mol. The second-order valence-corrected chi connectivity index (χ2v) is 6.59. The maximum Gasteiger partial charge on any atom is 0.0634 e. The van der Waals surface area contributed by atoms with Crippen LogP contribution in [0.3, 0.4) is 0 Å². The molecule has 1 heterocycles. The van der Waals surface area contributed by atoms with Crippen LogP contribution in [0.2, 0.25) is 5.02 Å². The molecule has 21 heavy (non-hydrogen) atoms. The molecule has 0 amide bonds. The highest BCUT2D eigenvalue weighted by Crippen LogP contribution is 2.32. The van der Waals surface area contributed by atoms with Gasteiger partial charge in [0.2, 0.25) is 0 Å². The fourth-order valence-corrected chi connectivity index (χ4v) is 3.28. The Morgan fingerprint density at radius 1 is 1.19 bits per heavy atom. The minimum Gasteiger partial charge on any atom is -0.270 e. The number of benzene rings is 1. The molecule has 2 rings (SSSR count). The number of hydrogen-bond donors (Lipinski definition) is 0. The van der Waals surface area contributed by atoms with Gasteiger partial charge in [0.25, 0.3) is 0 Å². The van der Waals surface area contributed by atoms with Gasteiger partial charge in [0, 0.05) is 40.9 Å². The number of nitrogens with zero attached hydrogens (tertiary/aromatic N) is 2. The van der Waals surface area contributed by atoms with E-state index in [0.29, 0.717) is 29.2 Å². The molecule has 0 N–H and O–H groups in total. The smallest absolute Gasteiger partial charge is 0.0634 e. The number of alkyl halides is 2. The summed E-state index contributed by atoms with van der Waals surface area (Å²) in [7, 11) is 0. The normalized spacial score (nSPS) is 12.1. The first kappa shape index (κ1) is 16.7. The summed E-state index contributed by atoms with van der Waals surface area (Å²) in [6.07, 6.45) is 2.69. The number of aromatic nitrogens is 2. The molecule has 0 unspecified atom stereocenters. The van der Waals surface area contributed by atoms with Gasteiger partial charge in [-0.2, -0.15) is 5.10 Å². The van der Waals surface area contributed by atoms with E-state index in [1.807, 2.05) is 41.2 Å². The Bertz CT molecular complexity index is 589. The van der Waals surface area contributed by atoms with Gasteiger partial charge in [-0.3, -0.25) is 4.68 Å². The van der Waals surface area contributed by atoms with Crippen LogP contribution in [0.1, 0.15) is 31.1 Å². The zero-order valence-corrected chi connectivity index (χ0v) is 14.5. The van der Waals surface area contributed by atoms with Crippen LogP contribution in [-0.2, 0) is 11.8 Å². The molecule has 1 aromatic carbocycles. The summed E-state index contributed by atoms with van der Waals surface area (Å²) in [6, 6.07) is 10.1. The molecule has 0 aliphatic heterocycles. The van der Waals surface area contributed by atoms with E-state index in [1.54, 1.807) is 0 Å². The van der Waals surface area contributed by atoms with Crippen molar-refractivity contribution in [2.24, 2.45) is 0 Å². The van der Waals surface area contributed by atoms with Gasteiger partial charge < -0.3 is 0 Å². The van der Waals surface area contributed by atoms with Crippen LogP contribution in [-0.4, -0.2) is 21.5 Å². The molecule has 0 bridgehead atoms. The van der Waals surface area contributed by atoms with Gasteiger partial charge >= 0.3 is 0 Å². The zero-order valence-electron chi connectivity index (χ0n) is 12.2. The van der Waals surface area contributed by atoms with Crippen molar-refractivity contribution in [3.05, 3.63) is 52.8 Å². The topological polar surface area (TPSA) is 17.8 Å². The lowest BCUT2D eigenvalue weighted by Gasteiger charge is -2.29. The molecule has 1 aromatic heterocycles. The molecule has 0 radical (unpaired) electrons. The van der Waals surface area contributed by atoms with Gasteiger partial charge in [-0.15, -0.1) is 23.2 Å². The van der Waals surface area contributed by atoms with Gasteiger partial charge in [0.15, 0.2) is 0 Å².